The lowest BCUT2D eigenvalue weighted by Crippen LogP contribution is -1.91. The molecule has 1 aromatic heterocycles. The van der Waals surface area contributed by atoms with Crippen LogP contribution in [-0.2, 0) is 0 Å². The minimum absolute atomic E-state index is 0.201. The molecule has 1 heterocycles. The van der Waals surface area contributed by atoms with Crippen molar-refractivity contribution in [2.24, 2.45) is 0 Å². The molecule has 0 saturated carbocycles. The van der Waals surface area contributed by atoms with Gasteiger partial charge in [-0.05, 0) is 18.2 Å². The Morgan fingerprint density at radius 2 is 2.07 bits per heavy atom. The van der Waals surface area contributed by atoms with Crippen molar-refractivity contribution in [3.05, 3.63) is 36.5 Å². The highest BCUT2D eigenvalue weighted by molar-refractivity contribution is 5.63. The summed E-state index contributed by atoms with van der Waals surface area (Å²) in [5.74, 6) is 0.201. The van der Waals surface area contributed by atoms with Crippen molar-refractivity contribution in [2.45, 2.75) is 0 Å². The zero-order valence-corrected chi connectivity index (χ0v) is 7.38. The lowest BCUT2D eigenvalue weighted by atomic mass is 10.1. The predicted molar refractivity (Wildman–Crippen MR) is 53.5 cm³/mol. The fourth-order valence-electron chi connectivity index (χ4n) is 1.19. The van der Waals surface area contributed by atoms with Gasteiger partial charge in [0.05, 0.1) is 17.6 Å². The van der Waals surface area contributed by atoms with Crippen LogP contribution in [-0.4, -0.2) is 15.3 Å². The van der Waals surface area contributed by atoms with Gasteiger partial charge in [0, 0.05) is 5.56 Å². The highest BCUT2D eigenvalue weighted by Crippen LogP contribution is 2.21. The number of nitrogens with zero attached hydrogens (tertiary/aromatic N) is 2. The van der Waals surface area contributed by atoms with Crippen molar-refractivity contribution >= 4 is 5.69 Å². The number of phenolic OH excluding ortho intramolecular Hbond substituents is 1. The Hall–Kier alpha value is -2.10. The predicted octanol–water partition coefficient (Wildman–Crippen LogP) is 1.43. The minimum atomic E-state index is 0.201. The normalized spacial score (nSPS) is 10.0. The second-order valence-corrected chi connectivity index (χ2v) is 2.92. The summed E-state index contributed by atoms with van der Waals surface area (Å²) in [5, 5.41) is 16.9. The number of aromatic nitrogens is 2. The van der Waals surface area contributed by atoms with E-state index in [1.807, 2.05) is 6.07 Å². The van der Waals surface area contributed by atoms with Crippen LogP contribution in [0.25, 0.3) is 11.3 Å². The van der Waals surface area contributed by atoms with Crippen LogP contribution < -0.4 is 5.73 Å². The van der Waals surface area contributed by atoms with Crippen LogP contribution in [0.5, 0.6) is 5.75 Å². The molecule has 0 aliphatic carbocycles. The number of aromatic hydroxyl groups is 1. The van der Waals surface area contributed by atoms with E-state index in [-0.39, 0.29) is 5.75 Å². The summed E-state index contributed by atoms with van der Waals surface area (Å²) in [5.41, 5.74) is 7.57. The summed E-state index contributed by atoms with van der Waals surface area (Å²) in [4.78, 5) is 0. The van der Waals surface area contributed by atoms with Crippen LogP contribution >= 0.6 is 0 Å². The van der Waals surface area contributed by atoms with E-state index in [9.17, 15) is 5.11 Å². The van der Waals surface area contributed by atoms with Crippen LogP contribution in [0, 0.1) is 0 Å². The maximum Gasteiger partial charge on any atom is 0.116 e. The Kier molecular flexibility index (Phi) is 2.02. The van der Waals surface area contributed by atoms with Crippen LogP contribution in [0.4, 0.5) is 5.69 Å². The molecule has 0 fully saturated rings. The van der Waals surface area contributed by atoms with E-state index < -0.39 is 0 Å². The van der Waals surface area contributed by atoms with Crippen LogP contribution in [0.3, 0.4) is 0 Å². The molecule has 0 amide bonds. The van der Waals surface area contributed by atoms with Gasteiger partial charge in [0.25, 0.3) is 0 Å². The molecular formula is C10H9N3O. The largest absolute Gasteiger partial charge is 0.508 e. The minimum Gasteiger partial charge on any atom is -0.508 e. The number of anilines is 1. The summed E-state index contributed by atoms with van der Waals surface area (Å²) in [6.45, 7) is 0. The molecule has 0 saturated heterocycles. The number of phenols is 1. The molecule has 14 heavy (non-hydrogen) atoms. The van der Waals surface area contributed by atoms with Crippen molar-refractivity contribution in [2.75, 3.05) is 5.73 Å². The zero-order valence-electron chi connectivity index (χ0n) is 7.38. The van der Waals surface area contributed by atoms with Gasteiger partial charge in [-0.15, -0.1) is 0 Å². The van der Waals surface area contributed by atoms with Crippen molar-refractivity contribution in [1.82, 2.24) is 10.2 Å². The smallest absolute Gasteiger partial charge is 0.116 e. The van der Waals surface area contributed by atoms with Crippen molar-refractivity contribution in [1.29, 1.82) is 0 Å². The third-order valence-electron chi connectivity index (χ3n) is 1.82. The average molecular weight is 187 g/mol. The van der Waals surface area contributed by atoms with Crippen LogP contribution in [0.2, 0.25) is 0 Å². The number of nitrogen functional groups attached to an aromatic ring is 1. The second kappa shape index (κ2) is 3.33. The Morgan fingerprint density at radius 1 is 1.21 bits per heavy atom. The van der Waals surface area contributed by atoms with Crippen molar-refractivity contribution < 1.29 is 5.11 Å². The molecule has 4 nitrogen and oxygen atoms in total. The highest BCUT2D eigenvalue weighted by Gasteiger charge is 2.00. The van der Waals surface area contributed by atoms with E-state index in [0.717, 1.165) is 5.56 Å². The molecule has 70 valence electrons. The number of rotatable bonds is 1. The van der Waals surface area contributed by atoms with Crippen molar-refractivity contribution in [3.63, 3.8) is 0 Å². The maximum absolute atomic E-state index is 9.26. The summed E-state index contributed by atoms with van der Waals surface area (Å²) in [6, 6.07) is 8.51. The Bertz CT molecular complexity index is 413. The van der Waals surface area contributed by atoms with Crippen LogP contribution in [0.15, 0.2) is 36.5 Å². The zero-order chi connectivity index (χ0) is 9.97. The molecule has 0 radical (unpaired) electrons. The van der Waals surface area contributed by atoms with E-state index >= 15 is 0 Å². The first kappa shape index (κ1) is 8.50. The summed E-state index contributed by atoms with van der Waals surface area (Å²) in [6.07, 6.45) is 1.48. The first-order valence-corrected chi connectivity index (χ1v) is 4.13. The fourth-order valence-corrected chi connectivity index (χ4v) is 1.19. The Labute approximate surface area is 81.0 Å². The lowest BCUT2D eigenvalue weighted by molar-refractivity contribution is 0.475. The molecule has 0 unspecified atom stereocenters. The topological polar surface area (TPSA) is 72.0 Å². The van der Waals surface area contributed by atoms with Gasteiger partial charge in [0.15, 0.2) is 0 Å². The highest BCUT2D eigenvalue weighted by atomic mass is 16.3. The summed E-state index contributed by atoms with van der Waals surface area (Å²) < 4.78 is 0. The molecule has 0 aliphatic rings. The quantitative estimate of drug-likeness (QED) is 0.708. The van der Waals surface area contributed by atoms with E-state index in [0.29, 0.717) is 11.4 Å². The van der Waals surface area contributed by atoms with Gasteiger partial charge in [0.2, 0.25) is 0 Å². The van der Waals surface area contributed by atoms with E-state index in [4.69, 9.17) is 5.73 Å². The monoisotopic (exact) mass is 187 g/mol. The second-order valence-electron chi connectivity index (χ2n) is 2.92. The molecule has 2 rings (SSSR count). The molecule has 0 bridgehead atoms. The summed E-state index contributed by atoms with van der Waals surface area (Å²) in [7, 11) is 0. The molecule has 0 spiro atoms. The van der Waals surface area contributed by atoms with E-state index in [1.54, 1.807) is 24.3 Å². The molecule has 2 aromatic rings. The standard InChI is InChI=1S/C10H9N3O/c11-8-5-10(13-12-6-8)7-2-1-3-9(14)4-7/h1-6,14H,(H2,11,13). The van der Waals surface area contributed by atoms with Gasteiger partial charge in [-0.2, -0.15) is 10.2 Å². The van der Waals surface area contributed by atoms with Gasteiger partial charge < -0.3 is 10.8 Å². The molecule has 1 aromatic carbocycles. The fraction of sp³-hybridized carbons (Fsp3) is 0. The molecule has 3 N–H and O–H groups in total. The summed E-state index contributed by atoms with van der Waals surface area (Å²) >= 11 is 0. The number of hydrogen-bond donors (Lipinski definition) is 2. The first-order chi connectivity index (χ1) is 6.75. The third kappa shape index (κ3) is 1.64. The van der Waals surface area contributed by atoms with E-state index in [1.165, 1.54) is 6.20 Å². The average Bonchev–Trinajstić information content (AvgIpc) is 2.18. The lowest BCUT2D eigenvalue weighted by Gasteiger charge is -2.00. The van der Waals surface area contributed by atoms with Gasteiger partial charge in [-0.1, -0.05) is 12.1 Å². The molecular weight excluding hydrogens is 178 g/mol. The van der Waals surface area contributed by atoms with Crippen molar-refractivity contribution in [3.8, 4) is 17.0 Å². The molecule has 4 heteroatoms. The SMILES string of the molecule is Nc1cnnc(-c2cccc(O)c2)c1. The number of hydrogen-bond acceptors (Lipinski definition) is 4. The third-order valence-corrected chi connectivity index (χ3v) is 1.82. The van der Waals surface area contributed by atoms with Gasteiger partial charge in [-0.3, -0.25) is 0 Å². The van der Waals surface area contributed by atoms with Gasteiger partial charge in [0.1, 0.15) is 5.75 Å². The molecule has 0 aliphatic heterocycles. The maximum atomic E-state index is 9.26. The number of benzene rings is 1. The molecule has 0 atom stereocenters. The van der Waals surface area contributed by atoms with Gasteiger partial charge >= 0.3 is 0 Å². The number of nitrogens with two attached hydrogens (primary N) is 1. The Morgan fingerprint density at radius 3 is 2.79 bits per heavy atom. The van der Waals surface area contributed by atoms with Crippen LogP contribution in [0.1, 0.15) is 0 Å². The van der Waals surface area contributed by atoms with Gasteiger partial charge in [-0.25, -0.2) is 0 Å². The Balaban J connectivity index is 2.49. The van der Waals surface area contributed by atoms with E-state index in [2.05, 4.69) is 10.2 Å². The first-order valence-electron chi connectivity index (χ1n) is 4.13.